The van der Waals surface area contributed by atoms with E-state index < -0.39 is 16.1 Å². The number of morpholine rings is 1. The standard InChI is InChI=1S/C12H16ClN3O4S/c1-2-14-12(17)10-8-20-6-5-16(10)21(18,19)9-3-4-11(13)15-7-9/h3-4,7,10H,2,5-6,8H2,1H3,(H,14,17). The average molecular weight is 334 g/mol. The fourth-order valence-electron chi connectivity index (χ4n) is 2.02. The Morgan fingerprint density at radius 3 is 2.95 bits per heavy atom. The molecule has 21 heavy (non-hydrogen) atoms. The van der Waals surface area contributed by atoms with Crippen molar-refractivity contribution in [2.45, 2.75) is 17.9 Å². The third-order valence-electron chi connectivity index (χ3n) is 3.04. The monoisotopic (exact) mass is 333 g/mol. The first-order chi connectivity index (χ1) is 9.96. The summed E-state index contributed by atoms with van der Waals surface area (Å²) in [5, 5.41) is 2.82. The highest BCUT2D eigenvalue weighted by atomic mass is 35.5. The number of hydrogen-bond acceptors (Lipinski definition) is 5. The van der Waals surface area contributed by atoms with Crippen LogP contribution < -0.4 is 5.32 Å². The molecule has 2 heterocycles. The Kier molecular flexibility index (Phi) is 5.15. The number of nitrogens with one attached hydrogen (secondary N) is 1. The van der Waals surface area contributed by atoms with E-state index in [1.165, 1.54) is 18.3 Å². The number of rotatable bonds is 4. The molecule has 1 fully saturated rings. The molecule has 9 heteroatoms. The maximum atomic E-state index is 12.6. The number of sulfonamides is 1. The molecule has 2 rings (SSSR count). The molecule has 1 saturated heterocycles. The Balaban J connectivity index is 2.31. The van der Waals surface area contributed by atoms with Gasteiger partial charge in [-0.05, 0) is 19.1 Å². The van der Waals surface area contributed by atoms with Gasteiger partial charge in [-0.25, -0.2) is 13.4 Å². The van der Waals surface area contributed by atoms with Crippen molar-refractivity contribution >= 4 is 27.5 Å². The van der Waals surface area contributed by atoms with Gasteiger partial charge in [0.2, 0.25) is 15.9 Å². The lowest BCUT2D eigenvalue weighted by Crippen LogP contribution is -2.55. The first-order valence-electron chi connectivity index (χ1n) is 6.45. The van der Waals surface area contributed by atoms with E-state index in [4.69, 9.17) is 16.3 Å². The maximum absolute atomic E-state index is 12.6. The summed E-state index contributed by atoms with van der Waals surface area (Å²) in [7, 11) is -3.82. The first kappa shape index (κ1) is 16.2. The van der Waals surface area contributed by atoms with E-state index in [0.717, 1.165) is 4.31 Å². The van der Waals surface area contributed by atoms with Gasteiger partial charge in [-0.15, -0.1) is 0 Å². The molecule has 0 bridgehead atoms. The predicted octanol–water partition coefficient (Wildman–Crippen LogP) is 0.261. The molecule has 1 N–H and O–H groups in total. The quantitative estimate of drug-likeness (QED) is 0.798. The van der Waals surface area contributed by atoms with Crippen LogP contribution in [0.2, 0.25) is 5.15 Å². The number of hydrogen-bond donors (Lipinski definition) is 1. The van der Waals surface area contributed by atoms with Crippen molar-refractivity contribution in [3.63, 3.8) is 0 Å². The van der Waals surface area contributed by atoms with Crippen molar-refractivity contribution in [3.05, 3.63) is 23.5 Å². The Morgan fingerprint density at radius 2 is 2.33 bits per heavy atom. The van der Waals surface area contributed by atoms with E-state index in [2.05, 4.69) is 10.3 Å². The number of aromatic nitrogens is 1. The lowest BCUT2D eigenvalue weighted by Gasteiger charge is -2.33. The van der Waals surface area contributed by atoms with Crippen molar-refractivity contribution in [3.8, 4) is 0 Å². The molecule has 1 aliphatic rings. The highest BCUT2D eigenvalue weighted by molar-refractivity contribution is 7.89. The summed E-state index contributed by atoms with van der Waals surface area (Å²) < 4.78 is 31.6. The lowest BCUT2D eigenvalue weighted by atomic mass is 10.2. The summed E-state index contributed by atoms with van der Waals surface area (Å²) in [6.07, 6.45) is 1.18. The zero-order chi connectivity index (χ0) is 15.5. The Morgan fingerprint density at radius 1 is 1.57 bits per heavy atom. The van der Waals surface area contributed by atoms with Gasteiger partial charge in [-0.3, -0.25) is 4.79 Å². The molecule has 1 aromatic rings. The topological polar surface area (TPSA) is 88.6 Å². The second-order valence-corrected chi connectivity index (χ2v) is 6.70. The van der Waals surface area contributed by atoms with Crippen LogP contribution in [-0.4, -0.2) is 56.0 Å². The summed E-state index contributed by atoms with van der Waals surface area (Å²) in [5.74, 6) is -0.373. The Hall–Kier alpha value is -1.22. The molecule has 116 valence electrons. The van der Waals surface area contributed by atoms with Crippen LogP contribution in [0.5, 0.6) is 0 Å². The fraction of sp³-hybridized carbons (Fsp3) is 0.500. The Bertz CT molecular complexity index is 605. The number of pyridine rings is 1. The SMILES string of the molecule is CCNC(=O)C1COCCN1S(=O)(=O)c1ccc(Cl)nc1. The van der Waals surface area contributed by atoms with Gasteiger partial charge in [0.1, 0.15) is 16.1 Å². The van der Waals surface area contributed by atoms with Gasteiger partial charge in [0.05, 0.1) is 13.2 Å². The van der Waals surface area contributed by atoms with Gasteiger partial charge < -0.3 is 10.1 Å². The number of likely N-dealkylation sites (N-methyl/N-ethyl adjacent to an activating group) is 1. The van der Waals surface area contributed by atoms with Crippen molar-refractivity contribution in [2.75, 3.05) is 26.3 Å². The van der Waals surface area contributed by atoms with Crippen LogP contribution in [0.15, 0.2) is 23.2 Å². The van der Waals surface area contributed by atoms with Crippen LogP contribution in [0.3, 0.4) is 0 Å². The van der Waals surface area contributed by atoms with Crippen molar-refractivity contribution in [2.24, 2.45) is 0 Å². The molecule has 0 aliphatic carbocycles. The third kappa shape index (κ3) is 3.52. The zero-order valence-corrected chi connectivity index (χ0v) is 13.0. The summed E-state index contributed by atoms with van der Waals surface area (Å²) >= 11 is 5.66. The van der Waals surface area contributed by atoms with Crippen LogP contribution in [0.25, 0.3) is 0 Å². The van der Waals surface area contributed by atoms with Crippen LogP contribution in [0.1, 0.15) is 6.92 Å². The molecule has 0 radical (unpaired) electrons. The number of ether oxygens (including phenoxy) is 1. The smallest absolute Gasteiger partial charge is 0.245 e. The largest absolute Gasteiger partial charge is 0.378 e. The fourth-order valence-corrected chi connectivity index (χ4v) is 3.64. The molecule has 1 atom stereocenters. The van der Waals surface area contributed by atoms with E-state index in [1.807, 2.05) is 0 Å². The minimum Gasteiger partial charge on any atom is -0.378 e. The van der Waals surface area contributed by atoms with E-state index in [1.54, 1.807) is 6.92 Å². The normalized spacial score (nSPS) is 20.2. The average Bonchev–Trinajstić information content (AvgIpc) is 2.48. The summed E-state index contributed by atoms with van der Waals surface area (Å²) in [6.45, 7) is 2.59. The first-order valence-corrected chi connectivity index (χ1v) is 8.27. The highest BCUT2D eigenvalue weighted by Crippen LogP contribution is 2.21. The number of amides is 1. The second-order valence-electron chi connectivity index (χ2n) is 4.42. The molecular formula is C12H16ClN3O4S. The number of nitrogens with zero attached hydrogens (tertiary/aromatic N) is 2. The van der Waals surface area contributed by atoms with Crippen LogP contribution in [-0.2, 0) is 19.6 Å². The molecule has 1 unspecified atom stereocenters. The molecule has 1 aliphatic heterocycles. The minimum atomic E-state index is -3.82. The van der Waals surface area contributed by atoms with Gasteiger partial charge in [0.15, 0.2) is 0 Å². The van der Waals surface area contributed by atoms with E-state index >= 15 is 0 Å². The van der Waals surface area contributed by atoms with Gasteiger partial charge in [-0.1, -0.05) is 11.6 Å². The van der Waals surface area contributed by atoms with Gasteiger partial charge in [0.25, 0.3) is 0 Å². The van der Waals surface area contributed by atoms with Gasteiger partial charge in [-0.2, -0.15) is 4.31 Å². The predicted molar refractivity (Wildman–Crippen MR) is 76.4 cm³/mol. The third-order valence-corrected chi connectivity index (χ3v) is 5.16. The van der Waals surface area contributed by atoms with Crippen molar-refractivity contribution < 1.29 is 17.9 Å². The Labute approximate surface area is 128 Å². The number of halogens is 1. The summed E-state index contributed by atoms with van der Waals surface area (Å²) in [6, 6.07) is 1.89. The number of carbonyl (C=O) groups excluding carboxylic acids is 1. The molecule has 0 aromatic carbocycles. The molecule has 1 amide bonds. The molecule has 0 saturated carbocycles. The zero-order valence-electron chi connectivity index (χ0n) is 11.5. The second kappa shape index (κ2) is 6.69. The van der Waals surface area contributed by atoms with Crippen LogP contribution in [0, 0.1) is 0 Å². The van der Waals surface area contributed by atoms with E-state index in [0.29, 0.717) is 6.54 Å². The minimum absolute atomic E-state index is 0.00287. The van der Waals surface area contributed by atoms with Crippen molar-refractivity contribution in [1.82, 2.24) is 14.6 Å². The van der Waals surface area contributed by atoms with Crippen molar-refractivity contribution in [1.29, 1.82) is 0 Å². The lowest BCUT2D eigenvalue weighted by molar-refractivity contribution is -0.129. The van der Waals surface area contributed by atoms with Crippen LogP contribution >= 0.6 is 11.6 Å². The van der Waals surface area contributed by atoms with Gasteiger partial charge >= 0.3 is 0 Å². The molecular weight excluding hydrogens is 318 g/mol. The summed E-state index contributed by atoms with van der Waals surface area (Å²) in [5.41, 5.74) is 0. The van der Waals surface area contributed by atoms with Crippen LogP contribution in [0.4, 0.5) is 0 Å². The molecule has 1 aromatic heterocycles. The van der Waals surface area contributed by atoms with Gasteiger partial charge in [0, 0.05) is 19.3 Å². The molecule has 7 nitrogen and oxygen atoms in total. The van der Waals surface area contributed by atoms with E-state index in [9.17, 15) is 13.2 Å². The summed E-state index contributed by atoms with van der Waals surface area (Å²) in [4.78, 5) is 15.8. The number of carbonyl (C=O) groups is 1. The highest BCUT2D eigenvalue weighted by Gasteiger charge is 2.38. The maximum Gasteiger partial charge on any atom is 0.245 e. The molecule has 0 spiro atoms. The van der Waals surface area contributed by atoms with E-state index in [-0.39, 0.29) is 35.7 Å².